The lowest BCUT2D eigenvalue weighted by Gasteiger charge is -2.33. The van der Waals surface area contributed by atoms with Gasteiger partial charge in [-0.25, -0.2) is 9.97 Å². The summed E-state index contributed by atoms with van der Waals surface area (Å²) in [5.41, 5.74) is 0.251. The molecule has 0 unspecified atom stereocenters. The van der Waals surface area contributed by atoms with Gasteiger partial charge in [-0.2, -0.15) is 4.98 Å². The topological polar surface area (TPSA) is 99.4 Å². The smallest absolute Gasteiger partial charge is 0.312 e. The summed E-state index contributed by atoms with van der Waals surface area (Å²) in [6.07, 6.45) is 1.84. The number of fused-ring (bicyclic) bond motifs is 2. The number of aromatic nitrogens is 4. The highest BCUT2D eigenvalue weighted by atomic mass is 35.5. The fourth-order valence-corrected chi connectivity index (χ4v) is 5.11. The van der Waals surface area contributed by atoms with Crippen LogP contribution in [0.25, 0.3) is 11.2 Å². The zero-order valence-electron chi connectivity index (χ0n) is 16.0. The van der Waals surface area contributed by atoms with Gasteiger partial charge < -0.3 is 19.1 Å². The Balaban J connectivity index is 1.81. The van der Waals surface area contributed by atoms with E-state index in [-0.39, 0.29) is 34.3 Å². The fraction of sp³-hybridized carbons (Fsp3) is 0.667. The van der Waals surface area contributed by atoms with Crippen LogP contribution in [0, 0.1) is 17.3 Å². The number of ether oxygens (including phenoxy) is 2. The molecule has 2 aromatic rings. The van der Waals surface area contributed by atoms with Crippen molar-refractivity contribution in [2.45, 2.75) is 52.0 Å². The first-order valence-electron chi connectivity index (χ1n) is 9.23. The van der Waals surface area contributed by atoms with Crippen LogP contribution in [0.1, 0.15) is 40.2 Å². The number of aliphatic hydroxyl groups is 1. The number of esters is 1. The van der Waals surface area contributed by atoms with E-state index in [1.54, 1.807) is 27.1 Å². The van der Waals surface area contributed by atoms with E-state index < -0.39 is 17.3 Å². The Kier molecular flexibility index (Phi) is 4.61. The number of nitrogens with zero attached hydrogens (tertiary/aromatic N) is 4. The molecule has 0 aliphatic heterocycles. The molecule has 2 fully saturated rings. The molecule has 152 valence electrons. The third-order valence-corrected chi connectivity index (χ3v) is 6.30. The van der Waals surface area contributed by atoms with E-state index in [2.05, 4.69) is 15.0 Å². The number of carbonyl (C=O) groups is 1. The lowest BCUT2D eigenvalue weighted by Crippen LogP contribution is -2.40. The second-order valence-corrected chi connectivity index (χ2v) is 8.68. The highest BCUT2D eigenvalue weighted by molar-refractivity contribution is 6.35. The number of carbonyl (C=O) groups excluding carboxylic acids is 1. The van der Waals surface area contributed by atoms with E-state index in [1.807, 2.05) is 11.5 Å². The van der Waals surface area contributed by atoms with Gasteiger partial charge in [0.05, 0.1) is 30.5 Å². The Hall–Kier alpha value is -1.48. The van der Waals surface area contributed by atoms with Crippen LogP contribution < -0.4 is 0 Å². The van der Waals surface area contributed by atoms with Gasteiger partial charge in [0.1, 0.15) is 5.52 Å². The van der Waals surface area contributed by atoms with Crippen molar-refractivity contribution in [3.05, 3.63) is 16.8 Å². The molecule has 10 heteroatoms. The summed E-state index contributed by atoms with van der Waals surface area (Å²) < 4.78 is 13.2. The van der Waals surface area contributed by atoms with E-state index in [0.717, 1.165) is 0 Å². The van der Waals surface area contributed by atoms with Gasteiger partial charge in [0.15, 0.2) is 16.6 Å². The summed E-state index contributed by atoms with van der Waals surface area (Å²) in [5.74, 6) is -1.80. The van der Waals surface area contributed by atoms with Crippen LogP contribution in [0.15, 0.2) is 6.33 Å². The van der Waals surface area contributed by atoms with Crippen LogP contribution in [0.2, 0.25) is 10.4 Å². The number of halogens is 2. The molecule has 0 bridgehead atoms. The standard InChI is InChI=1S/C18H22Cl2N4O4/c1-5-27-15(25)18-6-9(18)11(12(8(18)2)28-17(3,4)26)24-7-21-10-13(19)22-16(20)23-14(10)24/h7-9,11-12,26H,5-6H2,1-4H3/t8-,9+,11+,12+,18+/m0/s1. The van der Waals surface area contributed by atoms with E-state index >= 15 is 0 Å². The second kappa shape index (κ2) is 6.52. The zero-order valence-corrected chi connectivity index (χ0v) is 17.5. The molecular formula is C18H22Cl2N4O4. The third-order valence-electron chi connectivity index (χ3n) is 5.87. The van der Waals surface area contributed by atoms with Crippen molar-refractivity contribution in [2.75, 3.05) is 6.61 Å². The quantitative estimate of drug-likeness (QED) is 0.338. The van der Waals surface area contributed by atoms with Crippen molar-refractivity contribution in [2.24, 2.45) is 17.3 Å². The molecule has 2 aliphatic rings. The van der Waals surface area contributed by atoms with Crippen molar-refractivity contribution in [3.8, 4) is 0 Å². The Morgan fingerprint density at radius 2 is 2.14 bits per heavy atom. The van der Waals surface area contributed by atoms with Crippen LogP contribution in [0.4, 0.5) is 0 Å². The molecule has 1 N–H and O–H groups in total. The first-order chi connectivity index (χ1) is 13.1. The molecule has 5 atom stereocenters. The van der Waals surface area contributed by atoms with Crippen LogP contribution in [-0.4, -0.2) is 49.1 Å². The van der Waals surface area contributed by atoms with Crippen molar-refractivity contribution in [3.63, 3.8) is 0 Å². The molecular weight excluding hydrogens is 407 g/mol. The summed E-state index contributed by atoms with van der Waals surface area (Å²) in [6, 6.07) is -0.280. The fourth-order valence-electron chi connectivity index (χ4n) is 4.69. The number of rotatable bonds is 5. The lowest BCUT2D eigenvalue weighted by molar-refractivity contribution is -0.224. The normalized spacial score (nSPS) is 31.8. The predicted octanol–water partition coefficient (Wildman–Crippen LogP) is 3.01. The third kappa shape index (κ3) is 2.89. The Bertz CT molecular complexity index is 944. The van der Waals surface area contributed by atoms with Gasteiger partial charge in [-0.05, 0) is 44.7 Å². The summed E-state index contributed by atoms with van der Waals surface area (Å²) in [5, 5.41) is 10.5. The molecule has 2 aromatic heterocycles. The Morgan fingerprint density at radius 3 is 2.79 bits per heavy atom. The molecule has 0 saturated heterocycles. The largest absolute Gasteiger partial charge is 0.466 e. The molecule has 8 nitrogen and oxygen atoms in total. The summed E-state index contributed by atoms with van der Waals surface area (Å²) in [6.45, 7) is 7.20. The van der Waals surface area contributed by atoms with Crippen molar-refractivity contribution < 1.29 is 19.4 Å². The van der Waals surface area contributed by atoms with E-state index in [1.165, 1.54) is 0 Å². The van der Waals surface area contributed by atoms with Gasteiger partial charge in [-0.1, -0.05) is 18.5 Å². The average molecular weight is 429 g/mol. The minimum absolute atomic E-state index is 0.0118. The number of imidazole rings is 1. The van der Waals surface area contributed by atoms with Crippen LogP contribution in [-0.2, 0) is 14.3 Å². The van der Waals surface area contributed by atoms with Gasteiger partial charge in [-0.3, -0.25) is 4.79 Å². The van der Waals surface area contributed by atoms with Gasteiger partial charge in [0, 0.05) is 5.92 Å². The van der Waals surface area contributed by atoms with E-state index in [9.17, 15) is 9.90 Å². The highest BCUT2D eigenvalue weighted by Crippen LogP contribution is 2.71. The zero-order chi connectivity index (χ0) is 20.4. The van der Waals surface area contributed by atoms with Gasteiger partial charge in [0.2, 0.25) is 5.28 Å². The number of hydrogen-bond donors (Lipinski definition) is 1. The maximum Gasteiger partial charge on any atom is 0.312 e. The van der Waals surface area contributed by atoms with Crippen LogP contribution >= 0.6 is 23.2 Å². The summed E-state index contributed by atoms with van der Waals surface area (Å²) in [4.78, 5) is 25.3. The molecule has 0 spiro atoms. The monoisotopic (exact) mass is 428 g/mol. The summed E-state index contributed by atoms with van der Waals surface area (Å²) >= 11 is 12.2. The van der Waals surface area contributed by atoms with Crippen molar-refractivity contribution in [1.29, 1.82) is 0 Å². The van der Waals surface area contributed by atoms with Crippen molar-refractivity contribution in [1.82, 2.24) is 19.5 Å². The minimum atomic E-state index is -1.37. The molecule has 2 heterocycles. The van der Waals surface area contributed by atoms with Crippen LogP contribution in [0.5, 0.6) is 0 Å². The first kappa shape index (κ1) is 19.8. The lowest BCUT2D eigenvalue weighted by atomic mass is 9.90. The molecule has 2 saturated carbocycles. The Morgan fingerprint density at radius 1 is 1.43 bits per heavy atom. The maximum atomic E-state index is 12.8. The molecule has 0 aromatic carbocycles. The molecule has 28 heavy (non-hydrogen) atoms. The summed E-state index contributed by atoms with van der Waals surface area (Å²) in [7, 11) is 0. The first-order valence-corrected chi connectivity index (χ1v) is 9.98. The minimum Gasteiger partial charge on any atom is -0.466 e. The SMILES string of the molecule is CCOC(=O)[C@@]12C[C@@H]1[C@@H](n1cnc3c(Cl)nc(Cl)nc31)[C@H](OC(C)(C)O)[C@@H]2C. The van der Waals surface area contributed by atoms with Crippen molar-refractivity contribution >= 4 is 40.3 Å². The van der Waals surface area contributed by atoms with E-state index in [0.29, 0.717) is 24.2 Å². The van der Waals surface area contributed by atoms with Gasteiger partial charge in [0.25, 0.3) is 0 Å². The highest BCUT2D eigenvalue weighted by Gasteiger charge is 2.75. The van der Waals surface area contributed by atoms with E-state index in [4.69, 9.17) is 32.7 Å². The molecule has 0 radical (unpaired) electrons. The van der Waals surface area contributed by atoms with Gasteiger partial charge >= 0.3 is 5.97 Å². The molecule has 0 amide bonds. The molecule has 4 rings (SSSR count). The average Bonchev–Trinajstić information content (AvgIpc) is 3.12. The molecule has 2 aliphatic carbocycles. The van der Waals surface area contributed by atoms with Crippen LogP contribution in [0.3, 0.4) is 0 Å². The number of hydrogen-bond acceptors (Lipinski definition) is 7. The van der Waals surface area contributed by atoms with Gasteiger partial charge in [-0.15, -0.1) is 0 Å². The maximum absolute atomic E-state index is 12.8. The predicted molar refractivity (Wildman–Crippen MR) is 102 cm³/mol. The second-order valence-electron chi connectivity index (χ2n) is 7.99. The Labute approximate surface area is 172 Å².